The summed E-state index contributed by atoms with van der Waals surface area (Å²) >= 11 is 0. The molecule has 1 aromatic heterocycles. The monoisotopic (exact) mass is 335 g/mol. The smallest absolute Gasteiger partial charge is 0.252 e. The first kappa shape index (κ1) is 18.5. The molecular weight excluding hydrogens is 306 g/mol. The van der Waals surface area contributed by atoms with Crippen molar-refractivity contribution in [3.05, 3.63) is 17.8 Å². The molecular formula is C17H29N5O2. The van der Waals surface area contributed by atoms with E-state index in [9.17, 15) is 4.79 Å². The lowest BCUT2D eigenvalue weighted by Crippen LogP contribution is -2.41. The van der Waals surface area contributed by atoms with E-state index in [0.29, 0.717) is 17.7 Å². The van der Waals surface area contributed by atoms with E-state index in [1.807, 2.05) is 7.05 Å². The molecule has 2 fully saturated rings. The molecule has 3 rings (SSSR count). The number of nitrogens with two attached hydrogens (primary N) is 2. The van der Waals surface area contributed by atoms with Gasteiger partial charge in [-0.1, -0.05) is 0 Å². The van der Waals surface area contributed by atoms with Crippen LogP contribution in [0, 0.1) is 0 Å². The molecule has 7 nitrogen and oxygen atoms in total. The Kier molecular flexibility index (Phi) is 6.81. The van der Waals surface area contributed by atoms with Gasteiger partial charge in [-0.05, 0) is 45.2 Å². The van der Waals surface area contributed by atoms with Crippen LogP contribution in [0.15, 0.2) is 12.3 Å². The molecule has 1 aromatic rings. The number of amides is 1. The topological polar surface area (TPSA) is 107 Å². The molecule has 134 valence electrons. The van der Waals surface area contributed by atoms with Crippen molar-refractivity contribution < 1.29 is 9.53 Å². The molecule has 5 N–H and O–H groups in total. The van der Waals surface area contributed by atoms with Crippen molar-refractivity contribution in [2.75, 3.05) is 37.9 Å². The van der Waals surface area contributed by atoms with Crippen LogP contribution in [0.3, 0.4) is 0 Å². The molecule has 1 aliphatic heterocycles. The molecule has 2 heterocycles. The van der Waals surface area contributed by atoms with Crippen molar-refractivity contribution >= 4 is 17.4 Å². The van der Waals surface area contributed by atoms with Crippen LogP contribution in [0.25, 0.3) is 0 Å². The third-order valence-corrected chi connectivity index (χ3v) is 4.82. The van der Waals surface area contributed by atoms with Gasteiger partial charge in [0.2, 0.25) is 0 Å². The van der Waals surface area contributed by atoms with Crippen molar-refractivity contribution in [2.45, 2.75) is 44.2 Å². The van der Waals surface area contributed by atoms with E-state index < -0.39 is 5.91 Å². The molecule has 0 spiro atoms. The summed E-state index contributed by atoms with van der Waals surface area (Å²) in [6, 6.07) is 2.29. The number of rotatable bonds is 4. The molecule has 7 heteroatoms. The molecule has 0 bridgehead atoms. The standard InChI is InChI=1S/C12H19N5O.C5H10O/c1-15-8-2-4-17(5-3-8)9-6-10(12(14)18)11(13)16-7-9;1-6-5-3-2-4-5/h6-8,15H,2-5H2,1H3,(H2,13,16)(H2,14,18);5H,2-4H2,1H3. The van der Waals surface area contributed by atoms with Gasteiger partial charge in [0.05, 0.1) is 23.6 Å². The number of nitrogens with zero attached hydrogens (tertiary/aromatic N) is 2. The van der Waals surface area contributed by atoms with Gasteiger partial charge in [0.25, 0.3) is 5.91 Å². The van der Waals surface area contributed by atoms with E-state index in [-0.39, 0.29) is 5.82 Å². The Hall–Kier alpha value is -1.86. The second-order valence-electron chi connectivity index (χ2n) is 6.33. The number of ether oxygens (including phenoxy) is 1. The van der Waals surface area contributed by atoms with Gasteiger partial charge in [-0.25, -0.2) is 4.98 Å². The summed E-state index contributed by atoms with van der Waals surface area (Å²) in [4.78, 5) is 17.5. The number of hydrogen-bond acceptors (Lipinski definition) is 6. The minimum absolute atomic E-state index is 0.191. The summed E-state index contributed by atoms with van der Waals surface area (Å²) in [6.07, 6.45) is 8.41. The Morgan fingerprint density at radius 3 is 2.42 bits per heavy atom. The molecule has 1 aliphatic carbocycles. The number of pyridine rings is 1. The quantitative estimate of drug-likeness (QED) is 0.762. The minimum Gasteiger partial charge on any atom is -0.383 e. The third kappa shape index (κ3) is 4.82. The Balaban J connectivity index is 0.000000292. The summed E-state index contributed by atoms with van der Waals surface area (Å²) in [5, 5.41) is 3.28. The lowest BCUT2D eigenvalue weighted by Gasteiger charge is -2.33. The van der Waals surface area contributed by atoms with Crippen molar-refractivity contribution in [1.82, 2.24) is 10.3 Å². The number of hydrogen-bond donors (Lipinski definition) is 3. The summed E-state index contributed by atoms with van der Waals surface area (Å²) in [6.45, 7) is 1.88. The highest BCUT2D eigenvalue weighted by atomic mass is 16.5. The number of nitrogens with one attached hydrogen (secondary N) is 1. The second kappa shape index (κ2) is 8.84. The third-order valence-electron chi connectivity index (χ3n) is 4.82. The molecule has 0 unspecified atom stereocenters. The predicted octanol–water partition coefficient (Wildman–Crippen LogP) is 1.14. The van der Waals surface area contributed by atoms with Crippen molar-refractivity contribution in [2.24, 2.45) is 5.73 Å². The van der Waals surface area contributed by atoms with Gasteiger partial charge in [0.1, 0.15) is 5.82 Å². The molecule has 1 amide bonds. The van der Waals surface area contributed by atoms with Gasteiger partial charge >= 0.3 is 0 Å². The lowest BCUT2D eigenvalue weighted by molar-refractivity contribution is 0.0412. The number of anilines is 2. The predicted molar refractivity (Wildman–Crippen MR) is 96.1 cm³/mol. The van der Waals surface area contributed by atoms with E-state index in [0.717, 1.165) is 31.6 Å². The highest BCUT2D eigenvalue weighted by molar-refractivity contribution is 5.97. The molecule has 2 aliphatic rings. The zero-order chi connectivity index (χ0) is 17.5. The number of carbonyl (C=O) groups is 1. The van der Waals surface area contributed by atoms with Crippen LogP contribution < -0.4 is 21.7 Å². The molecule has 1 saturated carbocycles. The maximum Gasteiger partial charge on any atom is 0.252 e. The van der Waals surface area contributed by atoms with E-state index >= 15 is 0 Å². The number of methoxy groups -OCH3 is 1. The Morgan fingerprint density at radius 1 is 1.33 bits per heavy atom. The van der Waals surface area contributed by atoms with E-state index in [1.165, 1.54) is 19.3 Å². The van der Waals surface area contributed by atoms with Gasteiger partial charge in [0, 0.05) is 26.2 Å². The van der Waals surface area contributed by atoms with Crippen LogP contribution in [0.5, 0.6) is 0 Å². The number of aromatic nitrogens is 1. The van der Waals surface area contributed by atoms with Crippen LogP contribution in [0.1, 0.15) is 42.5 Å². The molecule has 0 radical (unpaired) electrons. The maximum absolute atomic E-state index is 11.2. The van der Waals surface area contributed by atoms with Gasteiger partial charge < -0.3 is 26.4 Å². The fourth-order valence-corrected chi connectivity index (χ4v) is 2.87. The van der Waals surface area contributed by atoms with Gasteiger partial charge in [-0.3, -0.25) is 4.79 Å². The molecule has 1 saturated heterocycles. The van der Waals surface area contributed by atoms with Gasteiger partial charge in [-0.2, -0.15) is 0 Å². The first-order chi connectivity index (χ1) is 11.5. The highest BCUT2D eigenvalue weighted by Gasteiger charge is 2.19. The fourth-order valence-electron chi connectivity index (χ4n) is 2.87. The van der Waals surface area contributed by atoms with Crippen molar-refractivity contribution in [1.29, 1.82) is 0 Å². The molecule has 24 heavy (non-hydrogen) atoms. The largest absolute Gasteiger partial charge is 0.383 e. The summed E-state index contributed by atoms with van der Waals surface area (Å²) in [7, 11) is 3.76. The highest BCUT2D eigenvalue weighted by Crippen LogP contribution is 2.22. The second-order valence-corrected chi connectivity index (χ2v) is 6.33. The van der Waals surface area contributed by atoms with E-state index in [4.69, 9.17) is 16.2 Å². The number of nitrogen functional groups attached to an aromatic ring is 1. The molecule has 0 atom stereocenters. The normalized spacial score (nSPS) is 18.5. The van der Waals surface area contributed by atoms with Crippen LogP contribution >= 0.6 is 0 Å². The summed E-state index contributed by atoms with van der Waals surface area (Å²) < 4.78 is 4.99. The van der Waals surface area contributed by atoms with E-state index in [1.54, 1.807) is 19.4 Å². The SMILES string of the molecule is CNC1CCN(c2cnc(N)c(C(N)=O)c2)CC1.COC1CCC1. The lowest BCUT2D eigenvalue weighted by atomic mass is 9.96. The van der Waals surface area contributed by atoms with Crippen LogP contribution in [0.2, 0.25) is 0 Å². The van der Waals surface area contributed by atoms with Crippen LogP contribution in [-0.2, 0) is 4.74 Å². The average Bonchev–Trinajstić information content (AvgIpc) is 2.55. The number of carbonyl (C=O) groups excluding carboxylic acids is 1. The van der Waals surface area contributed by atoms with Crippen LogP contribution in [0.4, 0.5) is 11.5 Å². The zero-order valence-electron chi connectivity index (χ0n) is 14.6. The number of primary amides is 1. The van der Waals surface area contributed by atoms with Crippen molar-refractivity contribution in [3.63, 3.8) is 0 Å². The van der Waals surface area contributed by atoms with Gasteiger partial charge in [0.15, 0.2) is 0 Å². The average molecular weight is 335 g/mol. The first-order valence-electron chi connectivity index (χ1n) is 8.55. The summed E-state index contributed by atoms with van der Waals surface area (Å²) in [5.74, 6) is -0.344. The first-order valence-corrected chi connectivity index (χ1v) is 8.55. The summed E-state index contributed by atoms with van der Waals surface area (Å²) in [5.41, 5.74) is 12.1. The zero-order valence-corrected chi connectivity index (χ0v) is 14.6. The van der Waals surface area contributed by atoms with Crippen molar-refractivity contribution in [3.8, 4) is 0 Å². The Bertz CT molecular complexity index is 537. The number of piperidine rings is 1. The fraction of sp³-hybridized carbons (Fsp3) is 0.647. The Morgan fingerprint density at radius 2 is 2.00 bits per heavy atom. The maximum atomic E-state index is 11.2. The van der Waals surface area contributed by atoms with E-state index in [2.05, 4.69) is 15.2 Å². The van der Waals surface area contributed by atoms with Gasteiger partial charge in [-0.15, -0.1) is 0 Å². The minimum atomic E-state index is -0.535. The van der Waals surface area contributed by atoms with Crippen LogP contribution in [-0.4, -0.2) is 50.3 Å². The Labute approximate surface area is 143 Å². The molecule has 0 aromatic carbocycles.